The first-order valence-electron chi connectivity index (χ1n) is 5.04. The Morgan fingerprint density at radius 3 is 2.71 bits per heavy atom. The van der Waals surface area contributed by atoms with Crippen molar-refractivity contribution in [2.24, 2.45) is 18.7 Å². The highest BCUT2D eigenvalue weighted by Crippen LogP contribution is 2.06. The number of nitrogens with two attached hydrogens (primary N) is 1. The third kappa shape index (κ3) is 3.47. The summed E-state index contributed by atoms with van der Waals surface area (Å²) >= 11 is 0. The molecule has 1 rings (SSSR count). The minimum absolute atomic E-state index is 0.0439. The molecule has 0 fully saturated rings. The van der Waals surface area contributed by atoms with Crippen LogP contribution in [0.3, 0.4) is 0 Å². The van der Waals surface area contributed by atoms with E-state index >= 15 is 0 Å². The molecule has 1 unspecified atom stereocenters. The van der Waals surface area contributed by atoms with E-state index in [9.17, 15) is 0 Å². The molecule has 4 nitrogen and oxygen atoms in total. The molecule has 0 bridgehead atoms. The van der Waals surface area contributed by atoms with Crippen LogP contribution in [0.4, 0.5) is 0 Å². The first kappa shape index (κ1) is 11.2. The maximum atomic E-state index is 5.98. The van der Waals surface area contributed by atoms with Crippen LogP contribution in [-0.4, -0.2) is 22.9 Å². The Hall–Kier alpha value is -0.870. The van der Waals surface area contributed by atoms with Gasteiger partial charge in [-0.1, -0.05) is 13.8 Å². The van der Waals surface area contributed by atoms with Gasteiger partial charge in [-0.15, -0.1) is 0 Å². The predicted octanol–water partition coefficient (Wildman–Crippen LogP) is 0.666. The summed E-state index contributed by atoms with van der Waals surface area (Å²) in [7, 11) is 1.90. The minimum atomic E-state index is 0.0439. The molecule has 0 aliphatic heterocycles. The zero-order chi connectivity index (χ0) is 10.6. The minimum Gasteiger partial charge on any atom is -0.323 e. The Morgan fingerprint density at radius 2 is 2.21 bits per heavy atom. The van der Waals surface area contributed by atoms with Crippen LogP contribution < -0.4 is 11.1 Å². The lowest BCUT2D eigenvalue weighted by Crippen LogP contribution is -2.29. The maximum Gasteiger partial charge on any atom is 0.0537 e. The third-order valence-electron chi connectivity index (χ3n) is 2.07. The fourth-order valence-corrected chi connectivity index (χ4v) is 1.28. The van der Waals surface area contributed by atoms with E-state index in [-0.39, 0.29) is 6.04 Å². The first-order valence-corrected chi connectivity index (χ1v) is 5.04. The molecule has 0 radical (unpaired) electrons. The Kier molecular flexibility index (Phi) is 4.10. The maximum absolute atomic E-state index is 5.98. The monoisotopic (exact) mass is 196 g/mol. The molecule has 0 saturated carbocycles. The SMILES string of the molecule is CC(C)CNCC(N)c1cnn(C)c1. The predicted molar refractivity (Wildman–Crippen MR) is 57.8 cm³/mol. The van der Waals surface area contributed by atoms with Crippen molar-refractivity contribution < 1.29 is 0 Å². The summed E-state index contributed by atoms with van der Waals surface area (Å²) in [6.45, 7) is 6.18. The average molecular weight is 196 g/mol. The molecule has 0 aromatic carbocycles. The molecule has 4 heteroatoms. The molecular formula is C10H20N4. The van der Waals surface area contributed by atoms with Gasteiger partial charge < -0.3 is 11.1 Å². The number of aromatic nitrogens is 2. The fourth-order valence-electron chi connectivity index (χ4n) is 1.28. The van der Waals surface area contributed by atoms with Gasteiger partial charge in [-0.05, 0) is 12.5 Å². The van der Waals surface area contributed by atoms with Gasteiger partial charge in [0.25, 0.3) is 0 Å². The number of hydrogen-bond acceptors (Lipinski definition) is 3. The van der Waals surface area contributed by atoms with Gasteiger partial charge in [0.2, 0.25) is 0 Å². The zero-order valence-corrected chi connectivity index (χ0v) is 9.20. The molecule has 0 amide bonds. The number of aryl methyl sites for hydroxylation is 1. The first-order chi connectivity index (χ1) is 6.59. The normalized spacial score (nSPS) is 13.5. The molecule has 80 valence electrons. The molecule has 1 aromatic heterocycles. The van der Waals surface area contributed by atoms with E-state index in [1.54, 1.807) is 4.68 Å². The van der Waals surface area contributed by atoms with E-state index < -0.39 is 0 Å². The van der Waals surface area contributed by atoms with Crippen molar-refractivity contribution in [3.8, 4) is 0 Å². The molecule has 14 heavy (non-hydrogen) atoms. The number of nitrogens with zero attached hydrogens (tertiary/aromatic N) is 2. The largest absolute Gasteiger partial charge is 0.323 e. The van der Waals surface area contributed by atoms with Crippen molar-refractivity contribution in [2.75, 3.05) is 13.1 Å². The topological polar surface area (TPSA) is 55.9 Å². The molecule has 3 N–H and O–H groups in total. The third-order valence-corrected chi connectivity index (χ3v) is 2.07. The second-order valence-electron chi connectivity index (χ2n) is 4.11. The second-order valence-corrected chi connectivity index (χ2v) is 4.11. The van der Waals surface area contributed by atoms with Crippen molar-refractivity contribution in [1.82, 2.24) is 15.1 Å². The van der Waals surface area contributed by atoms with E-state index in [4.69, 9.17) is 5.73 Å². The van der Waals surface area contributed by atoms with Crippen molar-refractivity contribution in [1.29, 1.82) is 0 Å². The zero-order valence-electron chi connectivity index (χ0n) is 9.20. The Labute approximate surface area is 85.5 Å². The van der Waals surface area contributed by atoms with Crippen LogP contribution in [0.25, 0.3) is 0 Å². The van der Waals surface area contributed by atoms with Crippen LogP contribution in [0.5, 0.6) is 0 Å². The summed E-state index contributed by atoms with van der Waals surface area (Å²) in [5.74, 6) is 0.663. The molecule has 1 atom stereocenters. The number of rotatable bonds is 5. The lowest BCUT2D eigenvalue weighted by molar-refractivity contribution is 0.521. The summed E-state index contributed by atoms with van der Waals surface area (Å²) in [4.78, 5) is 0. The summed E-state index contributed by atoms with van der Waals surface area (Å²) in [5, 5.41) is 7.42. The molecule has 0 spiro atoms. The lowest BCUT2D eigenvalue weighted by Gasteiger charge is -2.12. The highest BCUT2D eigenvalue weighted by atomic mass is 15.2. The molecule has 1 aromatic rings. The van der Waals surface area contributed by atoms with Crippen LogP contribution in [0.15, 0.2) is 12.4 Å². The van der Waals surface area contributed by atoms with Gasteiger partial charge in [0, 0.05) is 31.4 Å². The smallest absolute Gasteiger partial charge is 0.0537 e. The quantitative estimate of drug-likeness (QED) is 0.727. The Bertz CT molecular complexity index is 267. The van der Waals surface area contributed by atoms with Gasteiger partial charge in [0.05, 0.1) is 6.20 Å². The summed E-state index contributed by atoms with van der Waals surface area (Å²) in [5.41, 5.74) is 7.07. The summed E-state index contributed by atoms with van der Waals surface area (Å²) < 4.78 is 1.78. The molecular weight excluding hydrogens is 176 g/mol. The van der Waals surface area contributed by atoms with E-state index in [0.717, 1.165) is 18.7 Å². The van der Waals surface area contributed by atoms with Crippen LogP contribution in [0.1, 0.15) is 25.5 Å². The van der Waals surface area contributed by atoms with Crippen LogP contribution >= 0.6 is 0 Å². The van der Waals surface area contributed by atoms with E-state index in [1.165, 1.54) is 0 Å². The Balaban J connectivity index is 2.32. The van der Waals surface area contributed by atoms with Crippen molar-refractivity contribution in [2.45, 2.75) is 19.9 Å². The fraction of sp³-hybridized carbons (Fsp3) is 0.700. The van der Waals surface area contributed by atoms with Gasteiger partial charge in [0.1, 0.15) is 0 Å². The molecule has 0 saturated heterocycles. The highest BCUT2D eigenvalue weighted by Gasteiger charge is 2.07. The van der Waals surface area contributed by atoms with E-state index in [1.807, 2.05) is 19.4 Å². The van der Waals surface area contributed by atoms with E-state index in [0.29, 0.717) is 5.92 Å². The Morgan fingerprint density at radius 1 is 1.50 bits per heavy atom. The van der Waals surface area contributed by atoms with Crippen LogP contribution in [0, 0.1) is 5.92 Å². The lowest BCUT2D eigenvalue weighted by atomic mass is 10.1. The van der Waals surface area contributed by atoms with E-state index in [2.05, 4.69) is 24.3 Å². The highest BCUT2D eigenvalue weighted by molar-refractivity contribution is 5.09. The number of nitrogens with one attached hydrogen (secondary N) is 1. The van der Waals surface area contributed by atoms with Crippen molar-refractivity contribution in [3.63, 3.8) is 0 Å². The summed E-state index contributed by atoms with van der Waals surface area (Å²) in [6, 6.07) is 0.0439. The molecule has 1 heterocycles. The van der Waals surface area contributed by atoms with Gasteiger partial charge in [-0.2, -0.15) is 5.10 Å². The standard InChI is InChI=1S/C10H20N4/c1-8(2)4-12-6-10(11)9-5-13-14(3)7-9/h5,7-8,10,12H,4,6,11H2,1-3H3. The summed E-state index contributed by atoms with van der Waals surface area (Å²) in [6.07, 6.45) is 3.78. The molecule has 0 aliphatic rings. The van der Waals surface area contributed by atoms with Crippen LogP contribution in [0.2, 0.25) is 0 Å². The van der Waals surface area contributed by atoms with Crippen LogP contribution in [-0.2, 0) is 7.05 Å². The van der Waals surface area contributed by atoms with Gasteiger partial charge >= 0.3 is 0 Å². The number of hydrogen-bond donors (Lipinski definition) is 2. The van der Waals surface area contributed by atoms with Gasteiger partial charge in [-0.25, -0.2) is 0 Å². The van der Waals surface area contributed by atoms with Gasteiger partial charge in [0.15, 0.2) is 0 Å². The van der Waals surface area contributed by atoms with Crippen molar-refractivity contribution >= 4 is 0 Å². The second kappa shape index (κ2) is 5.12. The van der Waals surface area contributed by atoms with Crippen molar-refractivity contribution in [3.05, 3.63) is 18.0 Å². The van der Waals surface area contributed by atoms with Gasteiger partial charge in [-0.3, -0.25) is 4.68 Å². The molecule has 0 aliphatic carbocycles. The average Bonchev–Trinajstić information content (AvgIpc) is 2.51.